The van der Waals surface area contributed by atoms with E-state index in [1.807, 2.05) is 17.5 Å². The molecule has 0 saturated heterocycles. The summed E-state index contributed by atoms with van der Waals surface area (Å²) in [5, 5.41) is 8.93. The Labute approximate surface area is 194 Å². The van der Waals surface area contributed by atoms with E-state index >= 15 is 0 Å². The molecule has 2 aromatic heterocycles. The van der Waals surface area contributed by atoms with Gasteiger partial charge in [0.2, 0.25) is 5.89 Å². The van der Waals surface area contributed by atoms with E-state index in [1.54, 1.807) is 17.6 Å². The number of ether oxygens (including phenoxy) is 1. The SMILES string of the molecule is CCNC(=NCc1coc(-c2cccs2)n1)NCC1(CCOCC)CCCC1.I. The minimum absolute atomic E-state index is 0. The third kappa shape index (κ3) is 7.25. The maximum absolute atomic E-state index is 5.62. The van der Waals surface area contributed by atoms with E-state index in [-0.39, 0.29) is 24.0 Å². The van der Waals surface area contributed by atoms with Gasteiger partial charge in [0.15, 0.2) is 5.96 Å². The summed E-state index contributed by atoms with van der Waals surface area (Å²) >= 11 is 1.62. The Bertz CT molecular complexity index is 727. The smallest absolute Gasteiger partial charge is 0.236 e. The number of aromatic nitrogens is 1. The largest absolute Gasteiger partial charge is 0.443 e. The molecule has 1 saturated carbocycles. The van der Waals surface area contributed by atoms with E-state index in [2.05, 4.69) is 29.5 Å². The summed E-state index contributed by atoms with van der Waals surface area (Å²) in [6.07, 6.45) is 7.96. The predicted molar refractivity (Wildman–Crippen MR) is 130 cm³/mol. The van der Waals surface area contributed by atoms with Gasteiger partial charge < -0.3 is 19.8 Å². The van der Waals surface area contributed by atoms with Gasteiger partial charge >= 0.3 is 0 Å². The molecule has 6 nitrogen and oxygen atoms in total. The summed E-state index contributed by atoms with van der Waals surface area (Å²) in [6, 6.07) is 4.01. The third-order valence-electron chi connectivity index (χ3n) is 5.30. The second-order valence-electron chi connectivity index (χ2n) is 7.32. The van der Waals surface area contributed by atoms with Crippen molar-refractivity contribution in [1.29, 1.82) is 0 Å². The molecule has 1 aliphatic carbocycles. The summed E-state index contributed by atoms with van der Waals surface area (Å²) in [7, 11) is 0. The van der Waals surface area contributed by atoms with Crippen molar-refractivity contribution in [3.63, 3.8) is 0 Å². The topological polar surface area (TPSA) is 71.7 Å². The highest BCUT2D eigenvalue weighted by Crippen LogP contribution is 2.40. The van der Waals surface area contributed by atoms with Crippen LogP contribution in [-0.4, -0.2) is 37.2 Å². The van der Waals surface area contributed by atoms with Crippen LogP contribution < -0.4 is 10.6 Å². The van der Waals surface area contributed by atoms with E-state index < -0.39 is 0 Å². The Balaban J connectivity index is 0.00000300. The van der Waals surface area contributed by atoms with Gasteiger partial charge in [-0.15, -0.1) is 35.3 Å². The number of halogens is 1. The lowest BCUT2D eigenvalue weighted by Gasteiger charge is -2.30. The lowest BCUT2D eigenvalue weighted by Crippen LogP contribution is -2.43. The summed E-state index contributed by atoms with van der Waals surface area (Å²) in [5.74, 6) is 1.50. The molecule has 0 spiro atoms. The molecule has 0 amide bonds. The van der Waals surface area contributed by atoms with Gasteiger partial charge in [-0.2, -0.15) is 0 Å². The van der Waals surface area contributed by atoms with Crippen LogP contribution in [0, 0.1) is 5.41 Å². The molecule has 8 heteroatoms. The Kier molecular flexibility index (Phi) is 10.4. The van der Waals surface area contributed by atoms with Crippen molar-refractivity contribution >= 4 is 41.3 Å². The molecule has 0 bridgehead atoms. The quantitative estimate of drug-likeness (QED) is 0.194. The predicted octanol–water partition coefficient (Wildman–Crippen LogP) is 5.06. The van der Waals surface area contributed by atoms with Crippen LogP contribution in [0.15, 0.2) is 33.2 Å². The molecular formula is C21H33IN4O2S. The van der Waals surface area contributed by atoms with Crippen LogP contribution in [0.4, 0.5) is 0 Å². The summed E-state index contributed by atoms with van der Waals surface area (Å²) in [4.78, 5) is 10.3. The first kappa shape index (κ1) is 24.1. The average Bonchev–Trinajstić information content (AvgIpc) is 3.46. The van der Waals surface area contributed by atoms with Gasteiger partial charge in [0, 0.05) is 26.3 Å². The first-order chi connectivity index (χ1) is 13.7. The number of thiophene rings is 1. The average molecular weight is 532 g/mol. The number of oxazole rings is 1. The fourth-order valence-electron chi connectivity index (χ4n) is 3.74. The van der Waals surface area contributed by atoms with Crippen molar-refractivity contribution in [2.45, 2.75) is 52.5 Å². The Morgan fingerprint density at radius 1 is 1.31 bits per heavy atom. The van der Waals surface area contributed by atoms with Gasteiger partial charge in [-0.1, -0.05) is 18.9 Å². The van der Waals surface area contributed by atoms with Crippen LogP contribution in [0.25, 0.3) is 10.8 Å². The van der Waals surface area contributed by atoms with Crippen molar-refractivity contribution in [3.05, 3.63) is 29.5 Å². The molecule has 0 atom stereocenters. The number of hydrogen-bond acceptors (Lipinski definition) is 5. The van der Waals surface area contributed by atoms with Gasteiger partial charge in [-0.25, -0.2) is 9.98 Å². The van der Waals surface area contributed by atoms with Crippen molar-refractivity contribution < 1.29 is 9.15 Å². The highest BCUT2D eigenvalue weighted by molar-refractivity contribution is 14.0. The molecule has 0 aromatic carbocycles. The molecule has 1 fully saturated rings. The van der Waals surface area contributed by atoms with Gasteiger partial charge in [-0.05, 0) is 50.0 Å². The summed E-state index contributed by atoms with van der Waals surface area (Å²) in [5.41, 5.74) is 1.17. The van der Waals surface area contributed by atoms with Gasteiger partial charge in [0.05, 0.1) is 11.4 Å². The number of nitrogens with one attached hydrogen (secondary N) is 2. The standard InChI is InChI=1S/C21H32N4O2S.HI/c1-3-22-20(24-16-21(9-5-6-10-21)11-12-26-4-2)23-14-17-15-27-19(25-17)18-8-7-13-28-18;/h7-8,13,15H,3-6,9-12,14,16H2,1-2H3,(H2,22,23,24);1H. The number of nitrogens with zero attached hydrogens (tertiary/aromatic N) is 2. The van der Waals surface area contributed by atoms with Gasteiger partial charge in [0.1, 0.15) is 12.0 Å². The number of hydrogen-bond donors (Lipinski definition) is 2. The second-order valence-corrected chi connectivity index (χ2v) is 8.27. The molecule has 2 aromatic rings. The maximum Gasteiger partial charge on any atom is 0.236 e. The molecule has 0 unspecified atom stereocenters. The van der Waals surface area contributed by atoms with Crippen molar-refractivity contribution in [1.82, 2.24) is 15.6 Å². The summed E-state index contributed by atoms with van der Waals surface area (Å²) in [6.45, 7) is 8.04. The molecule has 29 heavy (non-hydrogen) atoms. The van der Waals surface area contributed by atoms with E-state index in [4.69, 9.17) is 14.1 Å². The first-order valence-corrected chi connectivity index (χ1v) is 11.2. The molecular weight excluding hydrogens is 499 g/mol. The van der Waals surface area contributed by atoms with E-state index in [0.717, 1.165) is 49.3 Å². The normalized spacial score (nSPS) is 15.9. The molecule has 0 aliphatic heterocycles. The van der Waals surface area contributed by atoms with Crippen molar-refractivity contribution in [2.75, 3.05) is 26.3 Å². The summed E-state index contributed by atoms with van der Waals surface area (Å²) < 4.78 is 11.2. The third-order valence-corrected chi connectivity index (χ3v) is 6.16. The van der Waals surface area contributed by atoms with Gasteiger partial charge in [0.25, 0.3) is 0 Å². The van der Waals surface area contributed by atoms with Crippen LogP contribution in [0.3, 0.4) is 0 Å². The van der Waals surface area contributed by atoms with E-state index in [0.29, 0.717) is 17.9 Å². The lowest BCUT2D eigenvalue weighted by atomic mass is 9.83. The molecule has 3 rings (SSSR count). The Morgan fingerprint density at radius 3 is 2.83 bits per heavy atom. The number of guanidine groups is 1. The van der Waals surface area contributed by atoms with E-state index in [9.17, 15) is 0 Å². The van der Waals surface area contributed by atoms with Crippen LogP contribution in [0.2, 0.25) is 0 Å². The number of rotatable bonds is 10. The van der Waals surface area contributed by atoms with Crippen LogP contribution in [0.5, 0.6) is 0 Å². The first-order valence-electron chi connectivity index (χ1n) is 10.3. The molecule has 2 N–H and O–H groups in total. The zero-order chi connectivity index (χ0) is 19.7. The van der Waals surface area contributed by atoms with Crippen LogP contribution >= 0.6 is 35.3 Å². The Hall–Kier alpha value is -1.13. The zero-order valence-corrected chi connectivity index (χ0v) is 20.6. The van der Waals surface area contributed by atoms with Crippen molar-refractivity contribution in [2.24, 2.45) is 10.4 Å². The van der Waals surface area contributed by atoms with Crippen molar-refractivity contribution in [3.8, 4) is 10.8 Å². The van der Waals surface area contributed by atoms with Gasteiger partial charge in [-0.3, -0.25) is 0 Å². The molecule has 162 valence electrons. The highest BCUT2D eigenvalue weighted by Gasteiger charge is 2.33. The molecule has 0 radical (unpaired) electrons. The Morgan fingerprint density at radius 2 is 2.14 bits per heavy atom. The fourth-order valence-corrected chi connectivity index (χ4v) is 4.39. The monoisotopic (exact) mass is 532 g/mol. The van der Waals surface area contributed by atoms with E-state index in [1.165, 1.54) is 25.7 Å². The highest BCUT2D eigenvalue weighted by atomic mass is 127. The molecule has 1 aliphatic rings. The number of aliphatic imine (C=N–C) groups is 1. The lowest BCUT2D eigenvalue weighted by molar-refractivity contribution is 0.105. The van der Waals surface area contributed by atoms with Crippen LogP contribution in [-0.2, 0) is 11.3 Å². The van der Waals surface area contributed by atoms with Crippen LogP contribution in [0.1, 0.15) is 51.6 Å². The second kappa shape index (κ2) is 12.5. The fraction of sp³-hybridized carbons (Fsp3) is 0.619. The maximum atomic E-state index is 5.62. The minimum atomic E-state index is 0. The molecule has 2 heterocycles. The minimum Gasteiger partial charge on any atom is -0.443 e. The zero-order valence-electron chi connectivity index (χ0n) is 17.4.